The lowest BCUT2D eigenvalue weighted by atomic mass is 9.92. The Morgan fingerprint density at radius 2 is 2.07 bits per heavy atom. The number of unbranched alkanes of at least 4 members (excludes halogenated alkanes) is 1. The van der Waals surface area contributed by atoms with Gasteiger partial charge < -0.3 is 5.11 Å². The first-order valence-electron chi connectivity index (χ1n) is 5.66. The van der Waals surface area contributed by atoms with Crippen LogP contribution in [0.25, 0.3) is 0 Å². The Morgan fingerprint density at radius 3 is 2.57 bits per heavy atom. The Balaban J connectivity index is 2.14. The smallest absolute Gasteiger partial charge is 0.317 e. The number of hydrogen-bond acceptors (Lipinski definition) is 2. The molecular weight excluding hydrogens is 178 g/mol. The number of likely N-dealkylation sites (tertiary alicyclic amines) is 1. The SMILES string of the molecule is CCCCC1CCN(CC(=O)O)CC1. The molecule has 1 aliphatic heterocycles. The largest absolute Gasteiger partial charge is 0.480 e. The van der Waals surface area contributed by atoms with E-state index < -0.39 is 5.97 Å². The zero-order chi connectivity index (χ0) is 10.4. The molecule has 1 N–H and O–H groups in total. The minimum absolute atomic E-state index is 0.223. The summed E-state index contributed by atoms with van der Waals surface area (Å²) < 4.78 is 0. The summed E-state index contributed by atoms with van der Waals surface area (Å²) in [5, 5.41) is 8.63. The second kappa shape index (κ2) is 6.02. The van der Waals surface area contributed by atoms with Crippen LogP contribution < -0.4 is 0 Å². The van der Waals surface area contributed by atoms with Crippen molar-refractivity contribution in [3.05, 3.63) is 0 Å². The number of rotatable bonds is 5. The van der Waals surface area contributed by atoms with E-state index >= 15 is 0 Å². The normalized spacial score (nSPS) is 19.8. The van der Waals surface area contributed by atoms with Crippen LogP contribution in [0, 0.1) is 5.92 Å². The van der Waals surface area contributed by atoms with Crippen molar-refractivity contribution in [2.75, 3.05) is 19.6 Å². The molecule has 0 aromatic carbocycles. The number of carboxylic acid groups (broad SMARTS) is 1. The summed E-state index contributed by atoms with van der Waals surface area (Å²) in [5.74, 6) is 0.150. The standard InChI is InChI=1S/C11H21NO2/c1-2-3-4-10-5-7-12(8-6-10)9-11(13)14/h10H,2-9H2,1H3,(H,13,14). The van der Waals surface area contributed by atoms with Gasteiger partial charge in [-0.3, -0.25) is 9.69 Å². The maximum Gasteiger partial charge on any atom is 0.317 e. The molecule has 82 valence electrons. The third-order valence-electron chi connectivity index (χ3n) is 3.03. The first kappa shape index (κ1) is 11.5. The van der Waals surface area contributed by atoms with Crippen LogP contribution >= 0.6 is 0 Å². The van der Waals surface area contributed by atoms with E-state index in [9.17, 15) is 4.79 Å². The molecule has 0 aromatic rings. The molecule has 0 spiro atoms. The van der Waals surface area contributed by atoms with Crippen LogP contribution in [0.1, 0.15) is 39.0 Å². The molecule has 0 saturated carbocycles. The van der Waals surface area contributed by atoms with Crippen molar-refractivity contribution < 1.29 is 9.90 Å². The minimum Gasteiger partial charge on any atom is -0.480 e. The first-order chi connectivity index (χ1) is 6.72. The summed E-state index contributed by atoms with van der Waals surface area (Å²) in [6, 6.07) is 0. The van der Waals surface area contributed by atoms with Crippen LogP contribution in [0.4, 0.5) is 0 Å². The summed E-state index contributed by atoms with van der Waals surface area (Å²) in [6.45, 7) is 4.39. The fraction of sp³-hybridized carbons (Fsp3) is 0.909. The third kappa shape index (κ3) is 4.09. The van der Waals surface area contributed by atoms with Gasteiger partial charge >= 0.3 is 5.97 Å². The fourth-order valence-electron chi connectivity index (χ4n) is 2.12. The maximum atomic E-state index is 10.5. The molecule has 3 heteroatoms. The molecule has 0 aromatic heterocycles. The Morgan fingerprint density at radius 1 is 1.43 bits per heavy atom. The van der Waals surface area contributed by atoms with Crippen molar-refractivity contribution in [2.45, 2.75) is 39.0 Å². The highest BCUT2D eigenvalue weighted by molar-refractivity contribution is 5.69. The molecule has 0 unspecified atom stereocenters. The summed E-state index contributed by atoms with van der Waals surface area (Å²) in [6.07, 6.45) is 6.30. The zero-order valence-electron chi connectivity index (χ0n) is 9.04. The van der Waals surface area contributed by atoms with Crippen LogP contribution in [0.5, 0.6) is 0 Å². The molecule has 3 nitrogen and oxygen atoms in total. The van der Waals surface area contributed by atoms with Crippen LogP contribution in [0.15, 0.2) is 0 Å². The highest BCUT2D eigenvalue weighted by atomic mass is 16.4. The van der Waals surface area contributed by atoms with E-state index in [0.717, 1.165) is 19.0 Å². The van der Waals surface area contributed by atoms with Gasteiger partial charge in [0.2, 0.25) is 0 Å². The van der Waals surface area contributed by atoms with Crippen molar-refractivity contribution in [3.63, 3.8) is 0 Å². The van der Waals surface area contributed by atoms with E-state index in [-0.39, 0.29) is 6.54 Å². The number of carboxylic acids is 1. The van der Waals surface area contributed by atoms with Crippen molar-refractivity contribution in [1.82, 2.24) is 4.90 Å². The predicted octanol–water partition coefficient (Wildman–Crippen LogP) is 1.97. The van der Waals surface area contributed by atoms with Gasteiger partial charge in [0, 0.05) is 0 Å². The van der Waals surface area contributed by atoms with Crippen molar-refractivity contribution >= 4 is 5.97 Å². The van der Waals surface area contributed by atoms with E-state index in [0.29, 0.717) is 0 Å². The molecular formula is C11H21NO2. The van der Waals surface area contributed by atoms with Crippen molar-refractivity contribution in [3.8, 4) is 0 Å². The van der Waals surface area contributed by atoms with Crippen molar-refractivity contribution in [2.24, 2.45) is 5.92 Å². The van der Waals surface area contributed by atoms with E-state index in [2.05, 4.69) is 6.92 Å². The van der Waals surface area contributed by atoms with Gasteiger partial charge in [-0.1, -0.05) is 26.2 Å². The Kier molecular flexibility index (Phi) is 4.94. The summed E-state index contributed by atoms with van der Waals surface area (Å²) >= 11 is 0. The second-order valence-electron chi connectivity index (χ2n) is 4.26. The summed E-state index contributed by atoms with van der Waals surface area (Å²) in [4.78, 5) is 12.5. The number of piperidine rings is 1. The van der Waals surface area contributed by atoms with Crippen LogP contribution in [-0.2, 0) is 4.79 Å². The van der Waals surface area contributed by atoms with E-state index in [1.165, 1.54) is 32.1 Å². The first-order valence-corrected chi connectivity index (χ1v) is 5.66. The fourth-order valence-corrected chi connectivity index (χ4v) is 2.12. The number of nitrogens with zero attached hydrogens (tertiary/aromatic N) is 1. The molecule has 0 radical (unpaired) electrons. The average Bonchev–Trinajstić information content (AvgIpc) is 2.16. The molecule has 0 amide bonds. The monoisotopic (exact) mass is 199 g/mol. The topological polar surface area (TPSA) is 40.5 Å². The average molecular weight is 199 g/mol. The van der Waals surface area contributed by atoms with Gasteiger partial charge in [-0.05, 0) is 31.8 Å². The van der Waals surface area contributed by atoms with Gasteiger partial charge in [0.05, 0.1) is 6.54 Å². The molecule has 1 fully saturated rings. The van der Waals surface area contributed by atoms with Gasteiger partial charge in [-0.2, -0.15) is 0 Å². The van der Waals surface area contributed by atoms with Crippen LogP contribution in [0.2, 0.25) is 0 Å². The van der Waals surface area contributed by atoms with E-state index in [1.54, 1.807) is 0 Å². The van der Waals surface area contributed by atoms with Crippen LogP contribution in [-0.4, -0.2) is 35.6 Å². The van der Waals surface area contributed by atoms with Gasteiger partial charge in [-0.25, -0.2) is 0 Å². The zero-order valence-corrected chi connectivity index (χ0v) is 9.04. The lowest BCUT2D eigenvalue weighted by molar-refractivity contribution is -0.138. The van der Waals surface area contributed by atoms with Gasteiger partial charge in [0.25, 0.3) is 0 Å². The predicted molar refractivity (Wildman–Crippen MR) is 56.3 cm³/mol. The number of hydrogen-bond donors (Lipinski definition) is 1. The lowest BCUT2D eigenvalue weighted by Crippen LogP contribution is -2.37. The molecule has 1 rings (SSSR count). The lowest BCUT2D eigenvalue weighted by Gasteiger charge is -2.30. The molecule has 0 bridgehead atoms. The molecule has 1 heterocycles. The van der Waals surface area contributed by atoms with E-state index in [1.807, 2.05) is 4.90 Å². The van der Waals surface area contributed by atoms with E-state index in [4.69, 9.17) is 5.11 Å². The second-order valence-corrected chi connectivity index (χ2v) is 4.26. The number of aliphatic carboxylic acids is 1. The molecule has 0 atom stereocenters. The molecule has 0 aliphatic carbocycles. The van der Waals surface area contributed by atoms with Crippen molar-refractivity contribution in [1.29, 1.82) is 0 Å². The highest BCUT2D eigenvalue weighted by Gasteiger charge is 2.19. The summed E-state index contributed by atoms with van der Waals surface area (Å²) in [7, 11) is 0. The summed E-state index contributed by atoms with van der Waals surface area (Å²) in [5.41, 5.74) is 0. The Labute approximate surface area is 86.1 Å². The quantitative estimate of drug-likeness (QED) is 0.736. The molecule has 1 aliphatic rings. The Bertz CT molecular complexity index is 174. The van der Waals surface area contributed by atoms with Gasteiger partial charge in [0.15, 0.2) is 0 Å². The highest BCUT2D eigenvalue weighted by Crippen LogP contribution is 2.22. The van der Waals surface area contributed by atoms with Crippen LogP contribution in [0.3, 0.4) is 0 Å². The number of carbonyl (C=O) groups is 1. The molecule has 1 saturated heterocycles. The third-order valence-corrected chi connectivity index (χ3v) is 3.03. The minimum atomic E-state index is -0.697. The maximum absolute atomic E-state index is 10.5. The Hall–Kier alpha value is -0.570. The van der Waals surface area contributed by atoms with Gasteiger partial charge in [-0.15, -0.1) is 0 Å². The molecule has 14 heavy (non-hydrogen) atoms. The van der Waals surface area contributed by atoms with Gasteiger partial charge in [0.1, 0.15) is 0 Å².